The Hall–Kier alpha value is -4.60. The van der Waals surface area contributed by atoms with Crippen LogP contribution < -0.4 is 11.1 Å². The third-order valence-electron chi connectivity index (χ3n) is 5.51. The van der Waals surface area contributed by atoms with Crippen LogP contribution in [-0.4, -0.2) is 41.9 Å². The number of esters is 1. The van der Waals surface area contributed by atoms with E-state index in [-0.39, 0.29) is 28.9 Å². The number of fused-ring (bicyclic) bond motifs is 2. The monoisotopic (exact) mass is 456 g/mol. The SMILES string of the molecule is CCOC(=O)c1c(-n2ccc3nc4ccn(Cc5ccccn5)c(=O)c4cc3c2=O)n[nH]c1C. The minimum Gasteiger partial charge on any atom is -0.462 e. The van der Waals surface area contributed by atoms with E-state index >= 15 is 0 Å². The summed E-state index contributed by atoms with van der Waals surface area (Å²) in [4.78, 5) is 47.8. The molecule has 10 nitrogen and oxygen atoms in total. The van der Waals surface area contributed by atoms with Crippen molar-refractivity contribution in [2.24, 2.45) is 0 Å². The van der Waals surface area contributed by atoms with E-state index in [9.17, 15) is 14.4 Å². The molecule has 34 heavy (non-hydrogen) atoms. The molecular weight excluding hydrogens is 436 g/mol. The summed E-state index contributed by atoms with van der Waals surface area (Å²) < 4.78 is 7.89. The molecule has 0 aliphatic rings. The van der Waals surface area contributed by atoms with Crippen LogP contribution in [0.4, 0.5) is 0 Å². The molecule has 0 saturated carbocycles. The van der Waals surface area contributed by atoms with Crippen molar-refractivity contribution in [1.29, 1.82) is 0 Å². The number of nitrogens with zero attached hydrogens (tertiary/aromatic N) is 5. The average Bonchev–Trinajstić information content (AvgIpc) is 3.22. The fourth-order valence-corrected chi connectivity index (χ4v) is 3.86. The molecule has 5 aromatic rings. The molecular formula is C24H20N6O4. The van der Waals surface area contributed by atoms with Gasteiger partial charge in [-0.2, -0.15) is 5.10 Å². The molecule has 5 aromatic heterocycles. The van der Waals surface area contributed by atoms with Crippen LogP contribution in [0, 0.1) is 6.92 Å². The first-order valence-corrected chi connectivity index (χ1v) is 10.7. The molecule has 1 N–H and O–H groups in total. The lowest BCUT2D eigenvalue weighted by Crippen LogP contribution is -2.23. The number of rotatable bonds is 5. The first-order chi connectivity index (χ1) is 16.5. The van der Waals surface area contributed by atoms with E-state index in [1.807, 2.05) is 18.2 Å². The number of hydrogen-bond acceptors (Lipinski definition) is 7. The summed E-state index contributed by atoms with van der Waals surface area (Å²) in [7, 11) is 0. The van der Waals surface area contributed by atoms with Gasteiger partial charge in [-0.05, 0) is 44.2 Å². The second kappa shape index (κ2) is 8.39. The molecule has 0 amide bonds. The van der Waals surface area contributed by atoms with Gasteiger partial charge in [0.15, 0.2) is 5.82 Å². The number of carbonyl (C=O) groups excluding carboxylic acids is 1. The molecule has 0 aromatic carbocycles. The van der Waals surface area contributed by atoms with E-state index in [1.54, 1.807) is 38.4 Å². The van der Waals surface area contributed by atoms with Crippen LogP contribution in [0.5, 0.6) is 0 Å². The van der Waals surface area contributed by atoms with Gasteiger partial charge >= 0.3 is 5.97 Å². The molecule has 0 radical (unpaired) electrons. The second-order valence-electron chi connectivity index (χ2n) is 7.68. The van der Waals surface area contributed by atoms with Crippen molar-refractivity contribution in [2.75, 3.05) is 6.61 Å². The molecule has 0 aliphatic heterocycles. The molecule has 0 atom stereocenters. The van der Waals surface area contributed by atoms with Crippen molar-refractivity contribution in [1.82, 2.24) is 29.3 Å². The number of aromatic amines is 1. The lowest BCUT2D eigenvalue weighted by molar-refractivity contribution is 0.0525. The van der Waals surface area contributed by atoms with Gasteiger partial charge in [-0.1, -0.05) is 6.07 Å². The van der Waals surface area contributed by atoms with Gasteiger partial charge in [0, 0.05) is 24.3 Å². The van der Waals surface area contributed by atoms with Crippen LogP contribution in [-0.2, 0) is 11.3 Å². The first kappa shape index (κ1) is 21.3. The Kier molecular flexibility index (Phi) is 5.25. The van der Waals surface area contributed by atoms with Crippen LogP contribution in [0.3, 0.4) is 0 Å². The van der Waals surface area contributed by atoms with Crippen molar-refractivity contribution < 1.29 is 9.53 Å². The van der Waals surface area contributed by atoms with Gasteiger partial charge in [0.1, 0.15) is 5.56 Å². The summed E-state index contributed by atoms with van der Waals surface area (Å²) in [6.07, 6.45) is 4.84. The zero-order valence-electron chi connectivity index (χ0n) is 18.5. The van der Waals surface area contributed by atoms with Crippen LogP contribution >= 0.6 is 0 Å². The zero-order valence-corrected chi connectivity index (χ0v) is 18.5. The molecule has 0 bridgehead atoms. The Morgan fingerprint density at radius 3 is 2.56 bits per heavy atom. The second-order valence-corrected chi connectivity index (χ2v) is 7.68. The summed E-state index contributed by atoms with van der Waals surface area (Å²) in [5.74, 6) is -0.451. The average molecular weight is 456 g/mol. The van der Waals surface area contributed by atoms with E-state index in [1.165, 1.54) is 21.4 Å². The van der Waals surface area contributed by atoms with Crippen molar-refractivity contribution in [3.8, 4) is 5.82 Å². The Morgan fingerprint density at radius 1 is 1.06 bits per heavy atom. The smallest absolute Gasteiger partial charge is 0.343 e. The quantitative estimate of drug-likeness (QED) is 0.318. The normalized spacial score (nSPS) is 11.2. The number of pyridine rings is 4. The van der Waals surface area contributed by atoms with Crippen LogP contribution in [0.15, 0.2) is 64.6 Å². The van der Waals surface area contributed by atoms with Crippen molar-refractivity contribution in [3.05, 3.63) is 92.6 Å². The molecule has 0 aliphatic carbocycles. The number of nitrogens with one attached hydrogen (secondary N) is 1. The van der Waals surface area contributed by atoms with Gasteiger partial charge in [0.2, 0.25) is 0 Å². The van der Waals surface area contributed by atoms with Gasteiger partial charge in [-0.3, -0.25) is 24.2 Å². The van der Waals surface area contributed by atoms with Gasteiger partial charge in [0.25, 0.3) is 11.1 Å². The summed E-state index contributed by atoms with van der Waals surface area (Å²) >= 11 is 0. The summed E-state index contributed by atoms with van der Waals surface area (Å²) in [5.41, 5.74) is 1.57. The Labute approximate surface area is 192 Å². The maximum atomic E-state index is 13.4. The summed E-state index contributed by atoms with van der Waals surface area (Å²) in [5, 5.41) is 7.42. The van der Waals surface area contributed by atoms with E-state index in [2.05, 4.69) is 20.2 Å². The molecule has 5 rings (SSSR count). The Bertz CT molecular complexity index is 1670. The van der Waals surface area contributed by atoms with E-state index in [0.29, 0.717) is 28.7 Å². The lowest BCUT2D eigenvalue weighted by Gasteiger charge is -2.09. The van der Waals surface area contributed by atoms with E-state index in [0.717, 1.165) is 5.69 Å². The van der Waals surface area contributed by atoms with Crippen molar-refractivity contribution in [2.45, 2.75) is 20.4 Å². The van der Waals surface area contributed by atoms with Crippen molar-refractivity contribution in [3.63, 3.8) is 0 Å². The number of H-pyrrole nitrogens is 1. The zero-order chi connectivity index (χ0) is 23.8. The summed E-state index contributed by atoms with van der Waals surface area (Å²) in [6.45, 7) is 3.86. The van der Waals surface area contributed by atoms with Crippen molar-refractivity contribution >= 4 is 27.8 Å². The third-order valence-corrected chi connectivity index (χ3v) is 5.51. The molecule has 0 spiro atoms. The Morgan fingerprint density at radius 2 is 1.82 bits per heavy atom. The fourth-order valence-electron chi connectivity index (χ4n) is 3.86. The highest BCUT2D eigenvalue weighted by Crippen LogP contribution is 2.19. The number of aromatic nitrogens is 6. The maximum Gasteiger partial charge on any atom is 0.343 e. The third kappa shape index (κ3) is 3.54. The minimum absolute atomic E-state index is 0.128. The molecule has 170 valence electrons. The number of carbonyl (C=O) groups is 1. The predicted molar refractivity (Wildman–Crippen MR) is 125 cm³/mol. The highest BCUT2D eigenvalue weighted by Gasteiger charge is 2.22. The molecule has 0 unspecified atom stereocenters. The molecule has 0 fully saturated rings. The predicted octanol–water partition coefficient (Wildman–Crippen LogP) is 2.35. The van der Waals surface area contributed by atoms with Crippen LogP contribution in [0.25, 0.3) is 27.6 Å². The summed E-state index contributed by atoms with van der Waals surface area (Å²) in [6, 6.07) is 10.4. The fraction of sp³-hybridized carbons (Fsp3) is 0.167. The van der Waals surface area contributed by atoms with Gasteiger partial charge in [-0.15, -0.1) is 0 Å². The molecule has 5 heterocycles. The van der Waals surface area contributed by atoms with Crippen LogP contribution in [0.1, 0.15) is 28.7 Å². The topological polar surface area (TPSA) is 125 Å². The minimum atomic E-state index is -0.579. The van der Waals surface area contributed by atoms with Crippen LogP contribution in [0.2, 0.25) is 0 Å². The molecule has 10 heteroatoms. The highest BCUT2D eigenvalue weighted by molar-refractivity contribution is 5.95. The van der Waals surface area contributed by atoms with E-state index < -0.39 is 11.5 Å². The number of ether oxygens (including phenoxy) is 1. The highest BCUT2D eigenvalue weighted by atomic mass is 16.5. The largest absolute Gasteiger partial charge is 0.462 e. The van der Waals surface area contributed by atoms with Gasteiger partial charge < -0.3 is 9.30 Å². The number of aryl methyl sites for hydroxylation is 1. The molecule has 0 saturated heterocycles. The maximum absolute atomic E-state index is 13.4. The Balaban J connectivity index is 1.67. The lowest BCUT2D eigenvalue weighted by atomic mass is 10.1. The number of hydrogen-bond donors (Lipinski definition) is 1. The standard InChI is InChI=1S/C24H20N6O4/c1-3-34-24(33)20-14(2)27-28-21(20)30-11-8-19-17(23(30)32)12-16-18(26-19)7-10-29(22(16)31)13-15-6-4-5-9-25-15/h4-12H,3,13H2,1-2H3,(H,27,28). The first-order valence-electron chi connectivity index (χ1n) is 10.7. The van der Waals surface area contributed by atoms with Gasteiger partial charge in [-0.25, -0.2) is 9.78 Å². The van der Waals surface area contributed by atoms with Gasteiger partial charge in [0.05, 0.1) is 40.7 Å². The van der Waals surface area contributed by atoms with E-state index in [4.69, 9.17) is 4.74 Å².